The van der Waals surface area contributed by atoms with Crippen LogP contribution in [0.4, 0.5) is 13.2 Å². The highest BCUT2D eigenvalue weighted by Crippen LogP contribution is 2.42. The number of benzene rings is 2. The van der Waals surface area contributed by atoms with E-state index in [4.69, 9.17) is 17.6 Å². The SMILES string of the molecule is CCC(C)C1CCC(/N=C(\C=O)c2cccc(C(F)(F)F)c2)(N(C)CC(C)(CS)c2ccc(C(=O)NCCC=O)cc2)CC1. The summed E-state index contributed by atoms with van der Waals surface area (Å²) in [6, 6.07) is 12.1. The van der Waals surface area contributed by atoms with E-state index in [9.17, 15) is 27.6 Å². The lowest BCUT2D eigenvalue weighted by molar-refractivity contribution is -0.137. The van der Waals surface area contributed by atoms with Crippen molar-refractivity contribution in [3.8, 4) is 0 Å². The number of aldehydes is 2. The predicted molar refractivity (Wildman–Crippen MR) is 171 cm³/mol. The Kier molecular flexibility index (Phi) is 12.4. The first-order valence-electron chi connectivity index (χ1n) is 15.2. The van der Waals surface area contributed by atoms with E-state index in [1.807, 2.05) is 19.2 Å². The number of rotatable bonds is 14. The molecule has 0 saturated heterocycles. The second-order valence-corrected chi connectivity index (χ2v) is 12.6. The molecule has 0 radical (unpaired) electrons. The minimum Gasteiger partial charge on any atom is -0.352 e. The highest BCUT2D eigenvalue weighted by atomic mass is 32.1. The quantitative estimate of drug-likeness (QED) is 0.105. The number of alkyl halides is 3. The van der Waals surface area contributed by atoms with E-state index >= 15 is 0 Å². The van der Waals surface area contributed by atoms with E-state index < -0.39 is 22.8 Å². The molecule has 240 valence electrons. The molecule has 0 heterocycles. The number of likely N-dealkylation sites (N-methyl/N-ethyl adjacent to an activating group) is 1. The van der Waals surface area contributed by atoms with Gasteiger partial charge in [0.1, 0.15) is 17.7 Å². The van der Waals surface area contributed by atoms with Gasteiger partial charge in [-0.3, -0.25) is 19.5 Å². The first-order valence-corrected chi connectivity index (χ1v) is 15.8. The van der Waals surface area contributed by atoms with E-state index in [-0.39, 0.29) is 30.1 Å². The highest BCUT2D eigenvalue weighted by Gasteiger charge is 2.43. The zero-order chi connectivity index (χ0) is 32.5. The molecule has 2 atom stereocenters. The lowest BCUT2D eigenvalue weighted by Crippen LogP contribution is -2.53. The standard InChI is InChI=1S/C34H44F3N3O3S/c1-5-24(2)25-14-16-33(17-15-25,39-30(21-42)27-8-6-9-29(20-27)34(35,36)37)40(4)22-32(3,23-44)28-12-10-26(11-13-28)31(43)38-18-7-19-41/h6,8-13,19-21,24-25,44H,5,7,14-18,22-23H2,1-4H3,(H,38,43)/b39-30+. The zero-order valence-corrected chi connectivity index (χ0v) is 26.9. The molecule has 1 N–H and O–H groups in total. The molecule has 0 aliphatic heterocycles. The zero-order valence-electron chi connectivity index (χ0n) is 26.0. The van der Waals surface area contributed by atoms with Crippen molar-refractivity contribution in [1.29, 1.82) is 0 Å². The minimum atomic E-state index is -4.53. The summed E-state index contributed by atoms with van der Waals surface area (Å²) in [7, 11) is 1.96. The Balaban J connectivity index is 1.96. The number of nitrogens with one attached hydrogen (secondary N) is 1. The van der Waals surface area contributed by atoms with Crippen LogP contribution in [0.15, 0.2) is 53.5 Å². The van der Waals surface area contributed by atoms with Crippen molar-refractivity contribution in [3.63, 3.8) is 0 Å². The molecule has 1 amide bonds. The molecular formula is C34H44F3N3O3S. The van der Waals surface area contributed by atoms with Gasteiger partial charge in [0.25, 0.3) is 5.91 Å². The maximum Gasteiger partial charge on any atom is 0.416 e. The first kappa shape index (κ1) is 35.5. The predicted octanol–water partition coefficient (Wildman–Crippen LogP) is 6.76. The van der Waals surface area contributed by atoms with Gasteiger partial charge in [-0.2, -0.15) is 25.8 Å². The van der Waals surface area contributed by atoms with Gasteiger partial charge in [0.15, 0.2) is 6.29 Å². The van der Waals surface area contributed by atoms with Gasteiger partial charge in [0, 0.05) is 41.8 Å². The topological polar surface area (TPSA) is 78.8 Å². The monoisotopic (exact) mass is 631 g/mol. The summed E-state index contributed by atoms with van der Waals surface area (Å²) in [5.74, 6) is 1.26. The lowest BCUT2D eigenvalue weighted by Gasteiger charge is -2.47. The van der Waals surface area contributed by atoms with Gasteiger partial charge in [-0.15, -0.1) is 0 Å². The van der Waals surface area contributed by atoms with E-state index in [0.717, 1.165) is 43.2 Å². The Morgan fingerprint density at radius 1 is 1.11 bits per heavy atom. The number of carbonyl (C=O) groups is 3. The largest absolute Gasteiger partial charge is 0.416 e. The van der Waals surface area contributed by atoms with Gasteiger partial charge in [0.2, 0.25) is 0 Å². The maximum absolute atomic E-state index is 13.5. The van der Waals surface area contributed by atoms with Gasteiger partial charge in [0.05, 0.1) is 5.56 Å². The molecule has 1 fully saturated rings. The van der Waals surface area contributed by atoms with Crippen molar-refractivity contribution in [2.24, 2.45) is 16.8 Å². The van der Waals surface area contributed by atoms with Crippen LogP contribution in [-0.4, -0.2) is 60.6 Å². The summed E-state index contributed by atoms with van der Waals surface area (Å²) >= 11 is 4.70. The summed E-state index contributed by atoms with van der Waals surface area (Å²) in [5, 5.41) is 2.72. The van der Waals surface area contributed by atoms with Crippen molar-refractivity contribution < 1.29 is 27.6 Å². The Labute approximate surface area is 264 Å². The fourth-order valence-electron chi connectivity index (χ4n) is 6.10. The van der Waals surface area contributed by atoms with Crippen LogP contribution in [0.2, 0.25) is 0 Å². The van der Waals surface area contributed by atoms with Crippen LogP contribution in [0.1, 0.15) is 86.3 Å². The summed E-state index contributed by atoms with van der Waals surface area (Å²) in [6.07, 6.45) is 1.19. The van der Waals surface area contributed by atoms with Crippen molar-refractivity contribution in [2.45, 2.75) is 76.6 Å². The van der Waals surface area contributed by atoms with Crippen molar-refractivity contribution in [3.05, 3.63) is 70.8 Å². The molecule has 1 aliphatic rings. The smallest absolute Gasteiger partial charge is 0.352 e. The Morgan fingerprint density at radius 3 is 2.32 bits per heavy atom. The Bertz CT molecular complexity index is 1310. The number of hydrogen-bond acceptors (Lipinski definition) is 6. The second-order valence-electron chi connectivity index (χ2n) is 12.3. The molecule has 3 rings (SSSR count). The van der Waals surface area contributed by atoms with Crippen LogP contribution < -0.4 is 5.32 Å². The highest BCUT2D eigenvalue weighted by molar-refractivity contribution is 7.80. The van der Waals surface area contributed by atoms with Gasteiger partial charge in [-0.25, -0.2) is 0 Å². The molecule has 10 heteroatoms. The molecule has 2 aromatic carbocycles. The number of halogens is 3. The molecule has 0 bridgehead atoms. The van der Waals surface area contributed by atoms with Crippen molar-refractivity contribution in [1.82, 2.24) is 10.2 Å². The third-order valence-corrected chi connectivity index (χ3v) is 9.94. The molecule has 1 aliphatic carbocycles. The minimum absolute atomic E-state index is 0.00228. The van der Waals surface area contributed by atoms with Gasteiger partial charge in [-0.05, 0) is 74.4 Å². The number of thiol groups is 1. The van der Waals surface area contributed by atoms with E-state index in [2.05, 4.69) is 31.0 Å². The molecular weight excluding hydrogens is 587 g/mol. The molecule has 2 unspecified atom stereocenters. The van der Waals surface area contributed by atoms with Crippen molar-refractivity contribution in [2.75, 3.05) is 25.9 Å². The third kappa shape index (κ3) is 8.59. The average Bonchev–Trinajstić information content (AvgIpc) is 3.03. The molecule has 0 spiro atoms. The molecule has 44 heavy (non-hydrogen) atoms. The number of aliphatic imine (C=N–C) groups is 1. The average molecular weight is 632 g/mol. The summed E-state index contributed by atoms with van der Waals surface area (Å²) in [6.45, 7) is 7.27. The Morgan fingerprint density at radius 2 is 1.77 bits per heavy atom. The van der Waals surface area contributed by atoms with Crippen LogP contribution >= 0.6 is 12.6 Å². The first-order chi connectivity index (χ1) is 20.8. The number of hydrogen-bond donors (Lipinski definition) is 2. The molecule has 1 saturated carbocycles. The molecule has 6 nitrogen and oxygen atoms in total. The Hall–Kier alpha value is -2.98. The van der Waals surface area contributed by atoms with Gasteiger partial charge in [-0.1, -0.05) is 51.5 Å². The summed E-state index contributed by atoms with van der Waals surface area (Å²) in [4.78, 5) is 42.5. The second kappa shape index (κ2) is 15.3. The fourth-order valence-corrected chi connectivity index (χ4v) is 6.38. The summed E-state index contributed by atoms with van der Waals surface area (Å²) in [5.41, 5.74) is -0.501. The van der Waals surface area contributed by atoms with Crippen LogP contribution in [0, 0.1) is 11.8 Å². The lowest BCUT2D eigenvalue weighted by atomic mass is 9.74. The van der Waals surface area contributed by atoms with Gasteiger partial charge < -0.3 is 10.1 Å². The third-order valence-electron chi connectivity index (χ3n) is 9.24. The summed E-state index contributed by atoms with van der Waals surface area (Å²) < 4.78 is 40.5. The van der Waals surface area contributed by atoms with Crippen LogP contribution in [-0.2, 0) is 21.2 Å². The van der Waals surface area contributed by atoms with E-state index in [1.165, 1.54) is 12.1 Å². The molecule has 0 aromatic heterocycles. The number of amides is 1. The normalized spacial score (nSPS) is 21.4. The van der Waals surface area contributed by atoms with Gasteiger partial charge >= 0.3 is 6.18 Å². The van der Waals surface area contributed by atoms with E-state index in [0.29, 0.717) is 48.8 Å². The molecule has 2 aromatic rings. The van der Waals surface area contributed by atoms with Crippen LogP contribution in [0.25, 0.3) is 0 Å². The van der Waals surface area contributed by atoms with E-state index in [1.54, 1.807) is 12.1 Å². The maximum atomic E-state index is 13.5. The number of nitrogens with zero attached hydrogens (tertiary/aromatic N) is 2. The van der Waals surface area contributed by atoms with Crippen molar-refractivity contribution >= 4 is 36.8 Å². The number of carbonyl (C=O) groups excluding carboxylic acids is 3. The van der Waals surface area contributed by atoms with Crippen LogP contribution in [0.5, 0.6) is 0 Å². The fraction of sp³-hybridized carbons (Fsp3) is 0.529. The van der Waals surface area contributed by atoms with Crippen LogP contribution in [0.3, 0.4) is 0 Å².